The third-order valence-corrected chi connectivity index (χ3v) is 5.25. The topological polar surface area (TPSA) is 37.3 Å². The number of carbonyl (C=O) groups is 1. The Kier molecular flexibility index (Phi) is 6.30. The predicted molar refractivity (Wildman–Crippen MR) is 111 cm³/mol. The SMILES string of the molecule is CC1(C)CCC(C)(C)c2cc(/C=C/C=C/C=C/C(Cl)=C/C(=O)O)ccc21. The highest BCUT2D eigenvalue weighted by molar-refractivity contribution is 6.32. The van der Waals surface area contributed by atoms with E-state index in [2.05, 4.69) is 52.0 Å². The van der Waals surface area contributed by atoms with Crippen LogP contribution >= 0.6 is 11.6 Å². The maximum Gasteiger partial charge on any atom is 0.329 e. The van der Waals surface area contributed by atoms with Crippen molar-refractivity contribution in [1.82, 2.24) is 0 Å². The van der Waals surface area contributed by atoms with E-state index in [-0.39, 0.29) is 15.9 Å². The van der Waals surface area contributed by atoms with Crippen LogP contribution in [0.5, 0.6) is 0 Å². The Morgan fingerprint density at radius 1 is 1.00 bits per heavy atom. The Bertz CT molecular complexity index is 792. The predicted octanol–water partition coefficient (Wildman–Crippen LogP) is 6.37. The van der Waals surface area contributed by atoms with Gasteiger partial charge in [0.25, 0.3) is 0 Å². The summed E-state index contributed by atoms with van der Waals surface area (Å²) in [6.45, 7) is 9.31. The van der Waals surface area contributed by atoms with E-state index in [1.165, 1.54) is 29.5 Å². The smallest absolute Gasteiger partial charge is 0.329 e. The number of aliphatic carboxylic acids is 1. The van der Waals surface area contributed by atoms with E-state index in [1.54, 1.807) is 12.2 Å². The van der Waals surface area contributed by atoms with Crippen LogP contribution in [0.4, 0.5) is 0 Å². The van der Waals surface area contributed by atoms with Gasteiger partial charge in [-0.05, 0) is 46.4 Å². The first kappa shape index (κ1) is 20.3. The number of halogens is 1. The van der Waals surface area contributed by atoms with Crippen molar-refractivity contribution in [1.29, 1.82) is 0 Å². The molecule has 2 nitrogen and oxygen atoms in total. The molecule has 0 aliphatic heterocycles. The third kappa shape index (κ3) is 5.22. The summed E-state index contributed by atoms with van der Waals surface area (Å²) in [5.41, 5.74) is 4.54. The molecular weight excluding hydrogens is 344 g/mol. The van der Waals surface area contributed by atoms with Crippen LogP contribution in [-0.4, -0.2) is 11.1 Å². The minimum Gasteiger partial charge on any atom is -0.478 e. The molecule has 2 rings (SSSR count). The van der Waals surface area contributed by atoms with Crippen LogP contribution in [0.1, 0.15) is 57.2 Å². The summed E-state index contributed by atoms with van der Waals surface area (Å²) in [4.78, 5) is 10.5. The van der Waals surface area contributed by atoms with Gasteiger partial charge in [-0.3, -0.25) is 0 Å². The van der Waals surface area contributed by atoms with E-state index in [9.17, 15) is 4.79 Å². The summed E-state index contributed by atoms with van der Waals surface area (Å²) < 4.78 is 0. The molecule has 1 aromatic rings. The molecule has 0 fully saturated rings. The number of hydrogen-bond acceptors (Lipinski definition) is 1. The number of hydrogen-bond donors (Lipinski definition) is 1. The lowest BCUT2D eigenvalue weighted by Gasteiger charge is -2.42. The van der Waals surface area contributed by atoms with Crippen molar-refractivity contribution in [3.63, 3.8) is 0 Å². The molecule has 26 heavy (non-hydrogen) atoms. The average molecular weight is 371 g/mol. The van der Waals surface area contributed by atoms with Crippen LogP contribution in [0.15, 0.2) is 59.7 Å². The molecule has 0 unspecified atom stereocenters. The van der Waals surface area contributed by atoms with E-state index in [4.69, 9.17) is 16.7 Å². The van der Waals surface area contributed by atoms with Gasteiger partial charge in [0, 0.05) is 11.1 Å². The van der Waals surface area contributed by atoms with Gasteiger partial charge in [-0.1, -0.05) is 87.9 Å². The summed E-state index contributed by atoms with van der Waals surface area (Å²) >= 11 is 5.74. The van der Waals surface area contributed by atoms with E-state index < -0.39 is 5.97 Å². The maximum atomic E-state index is 10.5. The van der Waals surface area contributed by atoms with Crippen molar-refractivity contribution < 1.29 is 9.90 Å². The Hall–Kier alpha value is -2.06. The molecule has 1 N–H and O–H groups in total. The second-order valence-electron chi connectivity index (χ2n) is 8.04. The number of rotatable bonds is 5. The normalized spacial score (nSPS) is 19.3. The first-order valence-electron chi connectivity index (χ1n) is 8.88. The van der Waals surface area contributed by atoms with Crippen molar-refractivity contribution in [2.75, 3.05) is 0 Å². The van der Waals surface area contributed by atoms with Crippen molar-refractivity contribution in [2.45, 2.75) is 51.4 Å². The zero-order valence-corrected chi connectivity index (χ0v) is 16.7. The molecule has 1 aliphatic rings. The third-order valence-electron chi connectivity index (χ3n) is 5.02. The van der Waals surface area contributed by atoms with E-state index in [1.807, 2.05) is 18.2 Å². The molecule has 0 amide bonds. The fourth-order valence-electron chi connectivity index (χ4n) is 3.32. The van der Waals surface area contributed by atoms with Crippen molar-refractivity contribution >= 4 is 23.6 Å². The van der Waals surface area contributed by atoms with Crippen LogP contribution in [-0.2, 0) is 15.6 Å². The van der Waals surface area contributed by atoms with Gasteiger partial charge in [0.05, 0.1) is 0 Å². The largest absolute Gasteiger partial charge is 0.478 e. The van der Waals surface area contributed by atoms with Gasteiger partial charge in [0.15, 0.2) is 0 Å². The van der Waals surface area contributed by atoms with Gasteiger partial charge in [-0.25, -0.2) is 4.79 Å². The molecule has 0 atom stereocenters. The highest BCUT2D eigenvalue weighted by Gasteiger charge is 2.36. The first-order chi connectivity index (χ1) is 12.1. The number of allylic oxidation sites excluding steroid dienone is 6. The van der Waals surface area contributed by atoms with Crippen molar-refractivity contribution in [3.05, 3.63) is 76.4 Å². The van der Waals surface area contributed by atoms with E-state index in [0.29, 0.717) is 0 Å². The molecular formula is C23H27ClO2. The molecule has 138 valence electrons. The fourth-order valence-corrected chi connectivity index (χ4v) is 3.48. The number of fused-ring (bicyclic) bond motifs is 1. The molecule has 0 saturated heterocycles. The van der Waals surface area contributed by atoms with E-state index in [0.717, 1.165) is 6.08 Å². The summed E-state index contributed by atoms with van der Waals surface area (Å²) in [6, 6.07) is 6.76. The zero-order chi connectivity index (χ0) is 19.4. The zero-order valence-electron chi connectivity index (χ0n) is 15.9. The molecule has 0 heterocycles. The lowest BCUT2D eigenvalue weighted by Crippen LogP contribution is -2.33. The quantitative estimate of drug-likeness (QED) is 0.483. The maximum absolute atomic E-state index is 10.5. The van der Waals surface area contributed by atoms with Crippen LogP contribution in [0.2, 0.25) is 0 Å². The van der Waals surface area contributed by atoms with Gasteiger partial charge in [-0.15, -0.1) is 0 Å². The lowest BCUT2D eigenvalue weighted by atomic mass is 9.63. The molecule has 0 aromatic heterocycles. The number of carboxylic acid groups (broad SMARTS) is 1. The molecule has 0 bridgehead atoms. The second kappa shape index (κ2) is 8.09. The Morgan fingerprint density at radius 2 is 1.62 bits per heavy atom. The van der Waals surface area contributed by atoms with Crippen LogP contribution < -0.4 is 0 Å². The minimum absolute atomic E-state index is 0.186. The Balaban J connectivity index is 2.12. The second-order valence-corrected chi connectivity index (χ2v) is 8.48. The van der Waals surface area contributed by atoms with E-state index >= 15 is 0 Å². The fraction of sp³-hybridized carbons (Fsp3) is 0.348. The van der Waals surface area contributed by atoms with Gasteiger partial charge in [0.2, 0.25) is 0 Å². The molecule has 0 spiro atoms. The monoisotopic (exact) mass is 370 g/mol. The lowest BCUT2D eigenvalue weighted by molar-refractivity contribution is -0.131. The Morgan fingerprint density at radius 3 is 2.27 bits per heavy atom. The van der Waals surface area contributed by atoms with Gasteiger partial charge in [-0.2, -0.15) is 0 Å². The molecule has 0 radical (unpaired) electrons. The molecule has 0 saturated carbocycles. The van der Waals surface area contributed by atoms with Gasteiger partial charge >= 0.3 is 5.97 Å². The van der Waals surface area contributed by atoms with Crippen LogP contribution in [0, 0.1) is 0 Å². The van der Waals surface area contributed by atoms with Gasteiger partial charge < -0.3 is 5.11 Å². The number of benzene rings is 1. The summed E-state index contributed by atoms with van der Waals surface area (Å²) in [7, 11) is 0. The van der Waals surface area contributed by atoms with Gasteiger partial charge in [0.1, 0.15) is 0 Å². The molecule has 3 heteroatoms. The molecule has 1 aliphatic carbocycles. The average Bonchev–Trinajstić information content (AvgIpc) is 2.54. The first-order valence-corrected chi connectivity index (χ1v) is 9.26. The number of carboxylic acids is 1. The van der Waals surface area contributed by atoms with Crippen LogP contribution in [0.25, 0.3) is 6.08 Å². The summed E-state index contributed by atoms with van der Waals surface area (Å²) in [6.07, 6.45) is 14.4. The van der Waals surface area contributed by atoms with Crippen molar-refractivity contribution in [2.24, 2.45) is 0 Å². The highest BCUT2D eigenvalue weighted by atomic mass is 35.5. The minimum atomic E-state index is -1.05. The Labute approximate surface area is 161 Å². The summed E-state index contributed by atoms with van der Waals surface area (Å²) in [5, 5.41) is 8.77. The van der Waals surface area contributed by atoms with Crippen molar-refractivity contribution in [3.8, 4) is 0 Å². The highest BCUT2D eigenvalue weighted by Crippen LogP contribution is 2.45. The molecule has 1 aromatic carbocycles. The van der Waals surface area contributed by atoms with Crippen LogP contribution in [0.3, 0.4) is 0 Å². The standard InChI is InChI=1S/C23H27ClO2/c1-22(2)13-14-23(3,4)20-15-17(11-12-19(20)22)9-7-5-6-8-10-18(24)16-21(25)26/h5-12,15-16H,13-14H2,1-4H3,(H,25,26)/b6-5+,9-7+,10-8+,18-16-. The summed E-state index contributed by atoms with van der Waals surface area (Å²) in [5.74, 6) is -1.05.